The molecule has 1 saturated heterocycles. The molecular weight excluding hydrogens is 267 g/mol. The molecule has 0 aliphatic carbocycles. The summed E-state index contributed by atoms with van der Waals surface area (Å²) >= 11 is 0. The van der Waals surface area contributed by atoms with Gasteiger partial charge in [0.25, 0.3) is 0 Å². The lowest BCUT2D eigenvalue weighted by Gasteiger charge is -2.31. The lowest BCUT2D eigenvalue weighted by molar-refractivity contribution is 0.292. The first-order chi connectivity index (χ1) is 9.04. The number of nitrogens with zero attached hydrogens (tertiary/aromatic N) is 1. The molecule has 1 N–H and O–H groups in total. The average molecular weight is 286 g/mol. The van der Waals surface area contributed by atoms with Gasteiger partial charge in [0.2, 0.25) is 10.0 Å². The van der Waals surface area contributed by atoms with E-state index in [0.717, 1.165) is 19.4 Å². The van der Waals surface area contributed by atoms with Crippen LogP contribution >= 0.6 is 0 Å². The average Bonchev–Trinajstić information content (AvgIpc) is 2.40. The largest absolute Gasteiger partial charge is 0.314 e. The molecule has 1 aliphatic heterocycles. The van der Waals surface area contributed by atoms with Crippen LogP contribution in [0.3, 0.4) is 0 Å². The van der Waals surface area contributed by atoms with Crippen LogP contribution in [0.2, 0.25) is 0 Å². The number of piperidine rings is 1. The van der Waals surface area contributed by atoms with Crippen molar-refractivity contribution in [1.82, 2.24) is 9.62 Å². The molecule has 0 spiro atoms. The fourth-order valence-electron chi connectivity index (χ4n) is 2.34. The molecule has 106 valence electrons. The molecule has 6 heteroatoms. The second-order valence-corrected chi connectivity index (χ2v) is 6.63. The van der Waals surface area contributed by atoms with Crippen molar-refractivity contribution in [3.05, 3.63) is 30.1 Å². The first-order valence-corrected chi connectivity index (χ1v) is 7.97. The Bertz CT molecular complexity index is 508. The van der Waals surface area contributed by atoms with Gasteiger partial charge >= 0.3 is 0 Å². The topological polar surface area (TPSA) is 49.4 Å². The minimum absolute atomic E-state index is 0.163. The number of sulfonamides is 1. The third-order valence-electron chi connectivity index (χ3n) is 3.40. The van der Waals surface area contributed by atoms with Crippen LogP contribution in [-0.4, -0.2) is 38.4 Å². The van der Waals surface area contributed by atoms with Gasteiger partial charge in [0.1, 0.15) is 5.82 Å². The first kappa shape index (κ1) is 14.4. The van der Waals surface area contributed by atoms with Crippen LogP contribution in [0.1, 0.15) is 19.8 Å². The smallest absolute Gasteiger partial charge is 0.243 e. The molecule has 0 amide bonds. The lowest BCUT2D eigenvalue weighted by atomic mass is 10.1. The van der Waals surface area contributed by atoms with E-state index in [2.05, 4.69) is 5.32 Å². The maximum atomic E-state index is 12.8. The maximum Gasteiger partial charge on any atom is 0.243 e. The predicted molar refractivity (Wildman–Crippen MR) is 71.9 cm³/mol. The van der Waals surface area contributed by atoms with Gasteiger partial charge in [-0.15, -0.1) is 0 Å². The van der Waals surface area contributed by atoms with Crippen LogP contribution in [0.4, 0.5) is 4.39 Å². The molecule has 0 bridgehead atoms. The van der Waals surface area contributed by atoms with E-state index in [1.807, 2.05) is 6.92 Å². The summed E-state index contributed by atoms with van der Waals surface area (Å²) in [5.74, 6) is -0.426. The Labute approximate surface area is 113 Å². The minimum Gasteiger partial charge on any atom is -0.314 e. The van der Waals surface area contributed by atoms with Crippen molar-refractivity contribution in [1.29, 1.82) is 0 Å². The zero-order valence-electron chi connectivity index (χ0n) is 11.0. The predicted octanol–water partition coefficient (Wildman–Crippen LogP) is 1.59. The molecule has 1 fully saturated rings. The summed E-state index contributed by atoms with van der Waals surface area (Å²) in [7, 11) is -3.48. The second-order valence-electron chi connectivity index (χ2n) is 4.69. The van der Waals surface area contributed by atoms with Gasteiger partial charge in [-0.1, -0.05) is 6.92 Å². The van der Waals surface area contributed by atoms with Gasteiger partial charge in [-0.05, 0) is 43.7 Å². The van der Waals surface area contributed by atoms with Gasteiger partial charge in [-0.25, -0.2) is 12.8 Å². The Balaban J connectivity index is 2.07. The number of benzene rings is 1. The lowest BCUT2D eigenvalue weighted by Crippen LogP contribution is -2.44. The molecule has 0 radical (unpaired) electrons. The van der Waals surface area contributed by atoms with Gasteiger partial charge in [0, 0.05) is 19.1 Å². The van der Waals surface area contributed by atoms with Crippen LogP contribution in [0, 0.1) is 5.82 Å². The van der Waals surface area contributed by atoms with Gasteiger partial charge < -0.3 is 5.32 Å². The summed E-state index contributed by atoms with van der Waals surface area (Å²) in [4.78, 5) is 0.163. The van der Waals surface area contributed by atoms with Crippen molar-refractivity contribution in [3.63, 3.8) is 0 Å². The van der Waals surface area contributed by atoms with Gasteiger partial charge in [0.15, 0.2) is 0 Å². The summed E-state index contributed by atoms with van der Waals surface area (Å²) in [6, 6.07) is 5.39. The summed E-state index contributed by atoms with van der Waals surface area (Å²) in [5.41, 5.74) is 0. The number of halogens is 1. The molecule has 1 aromatic rings. The molecule has 19 heavy (non-hydrogen) atoms. The van der Waals surface area contributed by atoms with Gasteiger partial charge in [-0.2, -0.15) is 4.31 Å². The molecule has 1 heterocycles. The van der Waals surface area contributed by atoms with Gasteiger partial charge in [-0.3, -0.25) is 0 Å². The Hall–Kier alpha value is -0.980. The van der Waals surface area contributed by atoms with Crippen LogP contribution in [0.25, 0.3) is 0 Å². The van der Waals surface area contributed by atoms with Crippen molar-refractivity contribution in [3.8, 4) is 0 Å². The summed E-state index contributed by atoms with van der Waals surface area (Å²) < 4.78 is 39.0. The Kier molecular flexibility index (Phi) is 4.54. The number of hydrogen-bond acceptors (Lipinski definition) is 3. The molecule has 0 saturated carbocycles. The highest BCUT2D eigenvalue weighted by molar-refractivity contribution is 7.89. The number of hydrogen-bond donors (Lipinski definition) is 1. The van der Waals surface area contributed by atoms with Crippen LogP contribution in [0.15, 0.2) is 29.2 Å². The molecule has 1 aliphatic rings. The summed E-state index contributed by atoms with van der Waals surface area (Å²) in [6.45, 7) is 3.96. The van der Waals surface area contributed by atoms with E-state index in [-0.39, 0.29) is 4.90 Å². The third-order valence-corrected chi connectivity index (χ3v) is 5.31. The van der Waals surface area contributed by atoms with E-state index in [9.17, 15) is 12.8 Å². The molecule has 4 nitrogen and oxygen atoms in total. The molecular formula is C13H19FN2O2S. The number of rotatable bonds is 4. The molecule has 0 aromatic heterocycles. The van der Waals surface area contributed by atoms with Crippen molar-refractivity contribution in [2.24, 2.45) is 0 Å². The minimum atomic E-state index is -3.48. The Morgan fingerprint density at radius 2 is 1.84 bits per heavy atom. The zero-order chi connectivity index (χ0) is 13.9. The standard InChI is InChI=1S/C13H19FN2O2S/c1-2-15-12-7-9-16(10-8-12)19(17,18)13-5-3-11(14)4-6-13/h3-6,12,15H,2,7-10H2,1H3. The third kappa shape index (κ3) is 3.32. The van der Waals surface area contributed by atoms with Crippen molar-refractivity contribution in [2.75, 3.05) is 19.6 Å². The molecule has 2 rings (SSSR count). The second kappa shape index (κ2) is 5.98. The molecule has 0 atom stereocenters. The SMILES string of the molecule is CCNC1CCN(S(=O)(=O)c2ccc(F)cc2)CC1. The van der Waals surface area contributed by atoms with Crippen LogP contribution in [-0.2, 0) is 10.0 Å². The normalized spacial score (nSPS) is 18.6. The van der Waals surface area contributed by atoms with Crippen molar-refractivity contribution >= 4 is 10.0 Å². The molecule has 1 aromatic carbocycles. The zero-order valence-corrected chi connectivity index (χ0v) is 11.8. The highest BCUT2D eigenvalue weighted by Crippen LogP contribution is 2.20. The van der Waals surface area contributed by atoms with E-state index in [0.29, 0.717) is 19.1 Å². The summed E-state index contributed by atoms with van der Waals surface area (Å²) in [5, 5.41) is 3.33. The molecule has 0 unspecified atom stereocenters. The van der Waals surface area contributed by atoms with Crippen molar-refractivity contribution in [2.45, 2.75) is 30.7 Å². The van der Waals surface area contributed by atoms with E-state index < -0.39 is 15.8 Å². The highest BCUT2D eigenvalue weighted by Gasteiger charge is 2.28. The maximum absolute atomic E-state index is 12.8. The highest BCUT2D eigenvalue weighted by atomic mass is 32.2. The monoisotopic (exact) mass is 286 g/mol. The Morgan fingerprint density at radius 1 is 1.26 bits per heavy atom. The van der Waals surface area contributed by atoms with Crippen LogP contribution in [0.5, 0.6) is 0 Å². The van der Waals surface area contributed by atoms with E-state index in [1.54, 1.807) is 0 Å². The van der Waals surface area contributed by atoms with E-state index in [4.69, 9.17) is 0 Å². The van der Waals surface area contributed by atoms with Gasteiger partial charge in [0.05, 0.1) is 4.90 Å². The number of nitrogens with one attached hydrogen (secondary N) is 1. The quantitative estimate of drug-likeness (QED) is 0.914. The fourth-order valence-corrected chi connectivity index (χ4v) is 3.81. The Morgan fingerprint density at radius 3 is 2.37 bits per heavy atom. The first-order valence-electron chi connectivity index (χ1n) is 6.53. The summed E-state index contributed by atoms with van der Waals surface area (Å²) in [6.07, 6.45) is 1.63. The fraction of sp³-hybridized carbons (Fsp3) is 0.538. The van der Waals surface area contributed by atoms with Crippen LogP contribution < -0.4 is 5.32 Å². The van der Waals surface area contributed by atoms with E-state index in [1.165, 1.54) is 28.6 Å². The van der Waals surface area contributed by atoms with E-state index >= 15 is 0 Å². The van der Waals surface area contributed by atoms with Crippen molar-refractivity contribution < 1.29 is 12.8 Å².